The van der Waals surface area contributed by atoms with Crippen LogP contribution in [-0.4, -0.2) is 89.4 Å². The van der Waals surface area contributed by atoms with Gasteiger partial charge in [0.05, 0.1) is 6.04 Å². The summed E-state index contributed by atoms with van der Waals surface area (Å²) >= 11 is 0. The SMILES string of the molecule is CC(C(=O)NC(C(=O)N1CC(NC(=O)CCCCN)CC1C(=O)NC1CCCc2ccccc21)C1CCCCC1)N(C)C(=O)OC(C)(C)C. The average molecular weight is 683 g/mol. The molecule has 1 saturated carbocycles. The summed E-state index contributed by atoms with van der Waals surface area (Å²) in [6.07, 6.45) is 8.51. The minimum atomic E-state index is -0.904. The molecule has 4 rings (SSSR count). The molecule has 12 nitrogen and oxygen atoms in total. The van der Waals surface area contributed by atoms with Crippen molar-refractivity contribution in [2.24, 2.45) is 11.7 Å². The molecular formula is C37H58N6O6. The largest absolute Gasteiger partial charge is 0.444 e. The van der Waals surface area contributed by atoms with Crippen LogP contribution < -0.4 is 21.7 Å². The van der Waals surface area contributed by atoms with Gasteiger partial charge in [-0.05, 0) is 103 Å². The zero-order valence-electron chi connectivity index (χ0n) is 30.1. The molecule has 12 heteroatoms. The molecule has 5 atom stereocenters. The van der Waals surface area contributed by atoms with E-state index in [-0.39, 0.29) is 42.6 Å². The third-order valence-electron chi connectivity index (χ3n) is 10.1. The Kier molecular flexibility index (Phi) is 13.5. The van der Waals surface area contributed by atoms with E-state index >= 15 is 0 Å². The highest BCUT2D eigenvalue weighted by Gasteiger charge is 2.45. The molecule has 5 amide bonds. The molecule has 3 aliphatic rings. The van der Waals surface area contributed by atoms with Crippen molar-refractivity contribution in [3.05, 3.63) is 35.4 Å². The number of amides is 5. The van der Waals surface area contributed by atoms with Crippen molar-refractivity contribution < 1.29 is 28.7 Å². The highest BCUT2D eigenvalue weighted by Crippen LogP contribution is 2.32. The molecule has 0 spiro atoms. The molecule has 0 aromatic heterocycles. The highest BCUT2D eigenvalue weighted by atomic mass is 16.6. The van der Waals surface area contributed by atoms with Gasteiger partial charge < -0.3 is 31.3 Å². The fourth-order valence-electron chi connectivity index (χ4n) is 7.30. The minimum Gasteiger partial charge on any atom is -0.444 e. The smallest absolute Gasteiger partial charge is 0.410 e. The van der Waals surface area contributed by atoms with Gasteiger partial charge in [-0.3, -0.25) is 24.1 Å². The molecule has 1 heterocycles. The summed E-state index contributed by atoms with van der Waals surface area (Å²) in [7, 11) is 1.50. The van der Waals surface area contributed by atoms with E-state index in [9.17, 15) is 24.0 Å². The van der Waals surface area contributed by atoms with Crippen LogP contribution in [0.25, 0.3) is 0 Å². The van der Waals surface area contributed by atoms with Gasteiger partial charge in [0.15, 0.2) is 0 Å². The number of nitrogens with zero attached hydrogens (tertiary/aromatic N) is 2. The summed E-state index contributed by atoms with van der Waals surface area (Å²) in [4.78, 5) is 70.8. The summed E-state index contributed by atoms with van der Waals surface area (Å²) in [6, 6.07) is 4.93. The Morgan fingerprint density at radius 2 is 1.71 bits per heavy atom. The van der Waals surface area contributed by atoms with E-state index in [0.29, 0.717) is 19.4 Å². The van der Waals surface area contributed by atoms with Crippen LogP contribution in [0.5, 0.6) is 0 Å². The number of aryl methyl sites for hydroxylation is 1. The van der Waals surface area contributed by atoms with E-state index in [1.807, 2.05) is 18.2 Å². The van der Waals surface area contributed by atoms with Crippen LogP contribution in [0.4, 0.5) is 4.79 Å². The maximum Gasteiger partial charge on any atom is 0.410 e. The molecular weight excluding hydrogens is 624 g/mol. The van der Waals surface area contributed by atoms with Gasteiger partial charge in [-0.2, -0.15) is 0 Å². The van der Waals surface area contributed by atoms with Crippen LogP contribution in [0.3, 0.4) is 0 Å². The molecule has 5 N–H and O–H groups in total. The van der Waals surface area contributed by atoms with Gasteiger partial charge in [-0.15, -0.1) is 0 Å². The lowest BCUT2D eigenvalue weighted by Crippen LogP contribution is -2.59. The molecule has 2 fully saturated rings. The number of likely N-dealkylation sites (tertiary alicyclic amines) is 1. The number of rotatable bonds is 12. The van der Waals surface area contributed by atoms with Gasteiger partial charge in [-0.1, -0.05) is 43.5 Å². The number of nitrogens with one attached hydrogen (secondary N) is 3. The normalized spacial score (nSPS) is 22.3. The molecule has 1 aromatic carbocycles. The van der Waals surface area contributed by atoms with Gasteiger partial charge in [-0.25, -0.2) is 4.79 Å². The summed E-state index contributed by atoms with van der Waals surface area (Å²) < 4.78 is 5.47. The number of nitrogens with two attached hydrogens (primary N) is 1. The predicted octanol–water partition coefficient (Wildman–Crippen LogP) is 3.72. The fraction of sp³-hybridized carbons (Fsp3) is 0.703. The van der Waals surface area contributed by atoms with Gasteiger partial charge >= 0.3 is 6.09 Å². The Morgan fingerprint density at radius 3 is 2.41 bits per heavy atom. The summed E-state index contributed by atoms with van der Waals surface area (Å²) in [6.45, 7) is 7.54. The Labute approximate surface area is 291 Å². The Balaban J connectivity index is 1.56. The maximum absolute atomic E-state index is 14.6. The molecule has 49 heavy (non-hydrogen) atoms. The van der Waals surface area contributed by atoms with Gasteiger partial charge in [0, 0.05) is 26.1 Å². The van der Waals surface area contributed by atoms with Crippen molar-refractivity contribution in [1.29, 1.82) is 0 Å². The van der Waals surface area contributed by atoms with E-state index in [1.165, 1.54) is 17.5 Å². The van der Waals surface area contributed by atoms with Gasteiger partial charge in [0.25, 0.3) is 0 Å². The summed E-state index contributed by atoms with van der Waals surface area (Å²) in [5.41, 5.74) is 7.19. The molecule has 2 aliphatic carbocycles. The first-order valence-electron chi connectivity index (χ1n) is 18.2. The monoisotopic (exact) mass is 682 g/mol. The Hall–Kier alpha value is -3.67. The number of hydrogen-bond donors (Lipinski definition) is 4. The number of carbonyl (C=O) groups is 5. The number of hydrogen-bond acceptors (Lipinski definition) is 7. The Morgan fingerprint density at radius 1 is 1.00 bits per heavy atom. The first-order chi connectivity index (χ1) is 23.3. The van der Waals surface area contributed by atoms with E-state index < -0.39 is 41.8 Å². The minimum absolute atomic E-state index is 0.122. The zero-order valence-corrected chi connectivity index (χ0v) is 30.1. The standard InChI is InChI=1S/C37H58N6O6/c1-24(42(5)36(48)49-37(2,3)4)33(45)41-32(26-15-7-6-8-16-26)35(47)43-23-27(39-31(44)20-11-12-21-38)22-30(43)34(46)40-29-19-13-17-25-14-9-10-18-28(25)29/h9-10,14,18,24,26-27,29-30,32H,6-8,11-13,15-17,19-23,38H2,1-5H3,(H,39,44)(H,40,46)(H,41,45). The van der Waals surface area contributed by atoms with Crippen molar-refractivity contribution in [2.75, 3.05) is 20.1 Å². The third kappa shape index (κ3) is 10.4. The van der Waals surface area contributed by atoms with Crippen molar-refractivity contribution in [3.63, 3.8) is 0 Å². The number of likely N-dealkylation sites (N-methyl/N-ethyl adjacent to an activating group) is 1. The van der Waals surface area contributed by atoms with Crippen molar-refractivity contribution >= 4 is 29.7 Å². The fourth-order valence-corrected chi connectivity index (χ4v) is 7.30. The van der Waals surface area contributed by atoms with Gasteiger partial charge in [0.2, 0.25) is 23.6 Å². The summed E-state index contributed by atoms with van der Waals surface area (Å²) in [5.74, 6) is -1.33. The second-order valence-electron chi connectivity index (χ2n) is 15.1. The first-order valence-corrected chi connectivity index (χ1v) is 18.2. The van der Waals surface area contributed by atoms with Crippen LogP contribution >= 0.6 is 0 Å². The number of carbonyl (C=O) groups excluding carboxylic acids is 5. The molecule has 1 aliphatic heterocycles. The molecule has 5 unspecified atom stereocenters. The van der Waals surface area contributed by atoms with E-state index in [0.717, 1.165) is 63.4 Å². The van der Waals surface area contributed by atoms with Gasteiger partial charge in [0.1, 0.15) is 23.7 Å². The molecule has 0 bridgehead atoms. The van der Waals surface area contributed by atoms with Crippen LogP contribution in [0.2, 0.25) is 0 Å². The van der Waals surface area contributed by atoms with E-state index in [4.69, 9.17) is 10.5 Å². The molecule has 272 valence electrons. The van der Waals surface area contributed by atoms with E-state index in [1.54, 1.807) is 32.6 Å². The van der Waals surface area contributed by atoms with E-state index in [2.05, 4.69) is 22.0 Å². The van der Waals surface area contributed by atoms with Crippen LogP contribution in [0.15, 0.2) is 24.3 Å². The average Bonchev–Trinajstić information content (AvgIpc) is 3.49. The molecule has 0 radical (unpaired) electrons. The zero-order chi connectivity index (χ0) is 35.7. The predicted molar refractivity (Wildman–Crippen MR) is 187 cm³/mol. The van der Waals surface area contributed by atoms with Crippen LogP contribution in [0, 0.1) is 5.92 Å². The van der Waals surface area contributed by atoms with Crippen molar-refractivity contribution in [1.82, 2.24) is 25.8 Å². The first kappa shape index (κ1) is 38.1. The van der Waals surface area contributed by atoms with Crippen LogP contribution in [0.1, 0.15) is 115 Å². The molecule has 1 saturated heterocycles. The topological polar surface area (TPSA) is 163 Å². The lowest BCUT2D eigenvalue weighted by Gasteiger charge is -2.36. The third-order valence-corrected chi connectivity index (χ3v) is 10.1. The van der Waals surface area contributed by atoms with Crippen molar-refractivity contribution in [3.8, 4) is 0 Å². The highest BCUT2D eigenvalue weighted by molar-refractivity contribution is 5.94. The summed E-state index contributed by atoms with van der Waals surface area (Å²) in [5, 5.41) is 9.28. The Bertz CT molecular complexity index is 1320. The number of fused-ring (bicyclic) bond motifs is 1. The second kappa shape index (κ2) is 17.3. The second-order valence-corrected chi connectivity index (χ2v) is 15.1. The number of benzene rings is 1. The van der Waals surface area contributed by atoms with Crippen molar-refractivity contribution in [2.45, 2.75) is 141 Å². The maximum atomic E-state index is 14.6. The quantitative estimate of drug-likeness (QED) is 0.244. The number of unbranched alkanes of at least 4 members (excludes halogenated alkanes) is 1. The lowest BCUT2D eigenvalue weighted by molar-refractivity contribution is -0.143. The molecule has 1 aromatic rings. The van der Waals surface area contributed by atoms with Crippen LogP contribution in [-0.2, 0) is 30.3 Å². The number of ether oxygens (including phenoxy) is 1. The lowest BCUT2D eigenvalue weighted by atomic mass is 9.83.